The predicted octanol–water partition coefficient (Wildman–Crippen LogP) is 1.39. The van der Waals surface area contributed by atoms with Gasteiger partial charge in [-0.1, -0.05) is 13.8 Å². The van der Waals surface area contributed by atoms with E-state index in [4.69, 9.17) is 5.73 Å². The summed E-state index contributed by atoms with van der Waals surface area (Å²) in [5, 5.41) is 0. The van der Waals surface area contributed by atoms with Crippen molar-refractivity contribution in [2.24, 2.45) is 17.1 Å². The molecule has 0 radical (unpaired) electrons. The third-order valence-electron chi connectivity index (χ3n) is 5.11. The molecule has 100 valence electrons. The molecular weight excluding hydrogens is 210 g/mol. The Bertz CT molecular complexity index is 264. The number of rotatable bonds is 2. The molecule has 2 N–H and O–H groups in total. The summed E-state index contributed by atoms with van der Waals surface area (Å²) in [6, 6.07) is 1.08. The van der Waals surface area contributed by atoms with Crippen LogP contribution in [0.4, 0.5) is 0 Å². The van der Waals surface area contributed by atoms with Gasteiger partial charge in [-0.25, -0.2) is 0 Å². The average molecular weight is 239 g/mol. The van der Waals surface area contributed by atoms with Gasteiger partial charge in [-0.2, -0.15) is 0 Å². The lowest BCUT2D eigenvalue weighted by atomic mass is 9.85. The minimum Gasteiger partial charge on any atom is -0.327 e. The Labute approximate surface area is 106 Å². The van der Waals surface area contributed by atoms with Gasteiger partial charge in [0.25, 0.3) is 0 Å². The fraction of sp³-hybridized carbons (Fsp3) is 1.00. The number of nitrogens with zero attached hydrogens (tertiary/aromatic N) is 2. The molecule has 3 heteroatoms. The van der Waals surface area contributed by atoms with Crippen molar-refractivity contribution in [1.29, 1.82) is 0 Å². The van der Waals surface area contributed by atoms with Crippen LogP contribution in [-0.4, -0.2) is 55.1 Å². The summed E-state index contributed by atoms with van der Waals surface area (Å²) in [7, 11) is 2.23. The summed E-state index contributed by atoms with van der Waals surface area (Å²) < 4.78 is 0. The number of piperazine rings is 1. The first-order chi connectivity index (χ1) is 7.90. The molecule has 0 aromatic rings. The molecule has 3 unspecified atom stereocenters. The molecule has 0 bridgehead atoms. The first kappa shape index (κ1) is 13.3. The zero-order valence-corrected chi connectivity index (χ0v) is 11.9. The molecule has 0 amide bonds. The Morgan fingerprint density at radius 1 is 1.29 bits per heavy atom. The van der Waals surface area contributed by atoms with Crippen LogP contribution in [0.5, 0.6) is 0 Å². The van der Waals surface area contributed by atoms with Crippen molar-refractivity contribution in [3.8, 4) is 0 Å². The molecule has 1 aliphatic heterocycles. The van der Waals surface area contributed by atoms with E-state index in [1.807, 2.05) is 0 Å². The molecule has 0 aromatic carbocycles. The van der Waals surface area contributed by atoms with Crippen molar-refractivity contribution in [2.75, 3.05) is 33.2 Å². The lowest BCUT2D eigenvalue weighted by Gasteiger charge is -2.39. The Balaban J connectivity index is 1.86. The number of hydrogen-bond donors (Lipinski definition) is 1. The Morgan fingerprint density at radius 2 is 2.00 bits per heavy atom. The fourth-order valence-electron chi connectivity index (χ4n) is 3.37. The standard InChI is InChI=1S/C14H29N3/c1-11-9-17(8-7-16(11)4)10-12-5-6-14(2,3)13(12)15/h11-13H,5-10,15H2,1-4H3. The van der Waals surface area contributed by atoms with Gasteiger partial charge in [0.1, 0.15) is 0 Å². The second-order valence-corrected chi connectivity index (χ2v) is 6.90. The molecule has 0 aromatic heterocycles. The maximum Gasteiger partial charge on any atom is 0.0192 e. The van der Waals surface area contributed by atoms with Gasteiger partial charge < -0.3 is 15.5 Å². The zero-order valence-electron chi connectivity index (χ0n) is 11.9. The largest absolute Gasteiger partial charge is 0.327 e. The molecule has 1 aliphatic carbocycles. The quantitative estimate of drug-likeness (QED) is 0.790. The zero-order chi connectivity index (χ0) is 12.6. The second-order valence-electron chi connectivity index (χ2n) is 6.90. The number of hydrogen-bond acceptors (Lipinski definition) is 3. The molecule has 17 heavy (non-hydrogen) atoms. The predicted molar refractivity (Wildman–Crippen MR) is 73.0 cm³/mol. The van der Waals surface area contributed by atoms with Gasteiger partial charge in [0.15, 0.2) is 0 Å². The van der Waals surface area contributed by atoms with Crippen molar-refractivity contribution in [3.63, 3.8) is 0 Å². The van der Waals surface area contributed by atoms with Gasteiger partial charge in [-0.05, 0) is 38.1 Å². The van der Waals surface area contributed by atoms with Crippen molar-refractivity contribution in [1.82, 2.24) is 9.80 Å². The molecule has 2 rings (SSSR count). The van der Waals surface area contributed by atoms with Gasteiger partial charge in [0.2, 0.25) is 0 Å². The Morgan fingerprint density at radius 3 is 2.53 bits per heavy atom. The van der Waals surface area contributed by atoms with E-state index in [0.29, 0.717) is 23.4 Å². The second kappa shape index (κ2) is 4.87. The number of nitrogens with two attached hydrogens (primary N) is 1. The topological polar surface area (TPSA) is 32.5 Å². The molecule has 1 heterocycles. The first-order valence-corrected chi connectivity index (χ1v) is 7.08. The normalized spacial score (nSPS) is 39.7. The van der Waals surface area contributed by atoms with Crippen LogP contribution in [0.1, 0.15) is 33.6 Å². The van der Waals surface area contributed by atoms with Crippen LogP contribution >= 0.6 is 0 Å². The molecule has 1 saturated carbocycles. The SMILES string of the molecule is CC1CN(CC2CCC(C)(C)C2N)CCN1C. The highest BCUT2D eigenvalue weighted by molar-refractivity contribution is 4.95. The van der Waals surface area contributed by atoms with Gasteiger partial charge in [0, 0.05) is 38.3 Å². The van der Waals surface area contributed by atoms with E-state index in [9.17, 15) is 0 Å². The van der Waals surface area contributed by atoms with Crippen molar-refractivity contribution in [2.45, 2.75) is 45.7 Å². The summed E-state index contributed by atoms with van der Waals surface area (Å²) in [5.74, 6) is 0.709. The summed E-state index contributed by atoms with van der Waals surface area (Å²) in [5.41, 5.74) is 6.75. The Kier molecular flexibility index (Phi) is 3.81. The van der Waals surface area contributed by atoms with E-state index in [1.165, 1.54) is 39.0 Å². The maximum absolute atomic E-state index is 6.40. The maximum atomic E-state index is 6.40. The number of likely N-dealkylation sites (N-methyl/N-ethyl adjacent to an activating group) is 1. The highest BCUT2D eigenvalue weighted by atomic mass is 15.3. The first-order valence-electron chi connectivity index (χ1n) is 7.08. The molecule has 2 aliphatic rings. The van der Waals surface area contributed by atoms with E-state index < -0.39 is 0 Å². The molecule has 3 atom stereocenters. The Hall–Kier alpha value is -0.120. The molecule has 1 saturated heterocycles. The van der Waals surface area contributed by atoms with Crippen LogP contribution < -0.4 is 5.73 Å². The van der Waals surface area contributed by atoms with Gasteiger partial charge in [-0.15, -0.1) is 0 Å². The average Bonchev–Trinajstić information content (AvgIpc) is 2.51. The van der Waals surface area contributed by atoms with Crippen LogP contribution in [-0.2, 0) is 0 Å². The van der Waals surface area contributed by atoms with E-state index in [2.05, 4.69) is 37.6 Å². The van der Waals surface area contributed by atoms with Crippen LogP contribution in [0.3, 0.4) is 0 Å². The van der Waals surface area contributed by atoms with E-state index in [-0.39, 0.29) is 0 Å². The highest BCUT2D eigenvalue weighted by Crippen LogP contribution is 2.40. The van der Waals surface area contributed by atoms with E-state index in [0.717, 1.165) is 0 Å². The van der Waals surface area contributed by atoms with Crippen LogP contribution in [0.25, 0.3) is 0 Å². The molecule has 2 fully saturated rings. The minimum atomic E-state index is 0.350. The van der Waals surface area contributed by atoms with Crippen LogP contribution in [0.15, 0.2) is 0 Å². The fourth-order valence-corrected chi connectivity index (χ4v) is 3.37. The van der Waals surface area contributed by atoms with Crippen molar-refractivity contribution >= 4 is 0 Å². The van der Waals surface area contributed by atoms with Crippen molar-refractivity contribution in [3.05, 3.63) is 0 Å². The van der Waals surface area contributed by atoms with Crippen LogP contribution in [0, 0.1) is 11.3 Å². The summed E-state index contributed by atoms with van der Waals surface area (Å²) in [6.07, 6.45) is 2.61. The highest BCUT2D eigenvalue weighted by Gasteiger charge is 2.40. The summed E-state index contributed by atoms with van der Waals surface area (Å²) in [4.78, 5) is 5.08. The molecule has 0 spiro atoms. The molecule has 3 nitrogen and oxygen atoms in total. The smallest absolute Gasteiger partial charge is 0.0192 e. The van der Waals surface area contributed by atoms with Gasteiger partial charge >= 0.3 is 0 Å². The van der Waals surface area contributed by atoms with Gasteiger partial charge in [-0.3, -0.25) is 0 Å². The van der Waals surface area contributed by atoms with Crippen LogP contribution in [0.2, 0.25) is 0 Å². The lowest BCUT2D eigenvalue weighted by Crippen LogP contribution is -2.52. The minimum absolute atomic E-state index is 0.350. The lowest BCUT2D eigenvalue weighted by molar-refractivity contribution is 0.0882. The summed E-state index contributed by atoms with van der Waals surface area (Å²) >= 11 is 0. The third kappa shape index (κ3) is 2.83. The molecular formula is C14H29N3. The summed E-state index contributed by atoms with van der Waals surface area (Å²) in [6.45, 7) is 11.8. The van der Waals surface area contributed by atoms with Crippen molar-refractivity contribution < 1.29 is 0 Å². The van der Waals surface area contributed by atoms with E-state index in [1.54, 1.807) is 0 Å². The third-order valence-corrected chi connectivity index (χ3v) is 5.11. The van der Waals surface area contributed by atoms with Gasteiger partial charge in [0.05, 0.1) is 0 Å². The monoisotopic (exact) mass is 239 g/mol. The van der Waals surface area contributed by atoms with E-state index >= 15 is 0 Å².